The number of nitrogens with zero attached hydrogens (tertiary/aromatic N) is 1. The molecule has 0 bridgehead atoms. The van der Waals surface area contributed by atoms with Gasteiger partial charge in [0.25, 0.3) is 0 Å². The van der Waals surface area contributed by atoms with Crippen LogP contribution in [0, 0.1) is 10.1 Å². The van der Waals surface area contributed by atoms with E-state index in [0.717, 1.165) is 6.26 Å². The first-order chi connectivity index (χ1) is 6.13. The molecule has 0 radical (unpaired) electrons. The summed E-state index contributed by atoms with van der Waals surface area (Å²) in [6.45, 7) is 3.57. The van der Waals surface area contributed by atoms with Crippen LogP contribution < -0.4 is 0 Å². The van der Waals surface area contributed by atoms with Crippen molar-refractivity contribution in [1.29, 1.82) is 0 Å². The standard InChI is InChI=1S/C7H11NO5/c1-3-12-5-6(8(10)11)7(9)13-4-2/h5H,3-4H2,1-2H3/b6-5+. The molecule has 0 heterocycles. The molecule has 0 aromatic carbocycles. The maximum atomic E-state index is 10.9. The molecule has 13 heavy (non-hydrogen) atoms. The van der Waals surface area contributed by atoms with Crippen molar-refractivity contribution in [3.63, 3.8) is 0 Å². The van der Waals surface area contributed by atoms with Gasteiger partial charge in [0.15, 0.2) is 6.26 Å². The van der Waals surface area contributed by atoms with Gasteiger partial charge in [-0.1, -0.05) is 0 Å². The van der Waals surface area contributed by atoms with E-state index in [0.29, 0.717) is 0 Å². The fourth-order valence-electron chi connectivity index (χ4n) is 0.533. The second-order valence-electron chi connectivity index (χ2n) is 1.94. The maximum Gasteiger partial charge on any atom is 0.413 e. The van der Waals surface area contributed by atoms with E-state index in [1.807, 2.05) is 0 Å². The molecule has 6 nitrogen and oxygen atoms in total. The van der Waals surface area contributed by atoms with Gasteiger partial charge in [-0.05, 0) is 13.8 Å². The van der Waals surface area contributed by atoms with Crippen LogP contribution >= 0.6 is 0 Å². The smallest absolute Gasteiger partial charge is 0.413 e. The summed E-state index contributed by atoms with van der Waals surface area (Å²) in [5.74, 6) is -0.985. The summed E-state index contributed by atoms with van der Waals surface area (Å²) in [6, 6.07) is 0. The molecular formula is C7H11NO5. The van der Waals surface area contributed by atoms with Crippen LogP contribution in [0.4, 0.5) is 0 Å². The molecule has 0 spiro atoms. The molecule has 0 fully saturated rings. The van der Waals surface area contributed by atoms with Gasteiger partial charge in [-0.25, -0.2) is 4.79 Å². The van der Waals surface area contributed by atoms with Crippen molar-refractivity contribution in [1.82, 2.24) is 0 Å². The molecular weight excluding hydrogens is 178 g/mol. The largest absolute Gasteiger partial charge is 0.494 e. The van der Waals surface area contributed by atoms with E-state index in [2.05, 4.69) is 9.47 Å². The van der Waals surface area contributed by atoms with Gasteiger partial charge in [0, 0.05) is 0 Å². The summed E-state index contributed by atoms with van der Waals surface area (Å²) in [5.41, 5.74) is -0.691. The van der Waals surface area contributed by atoms with Crippen molar-refractivity contribution in [2.24, 2.45) is 0 Å². The number of hydrogen-bond donors (Lipinski definition) is 0. The summed E-state index contributed by atoms with van der Waals surface area (Å²) in [4.78, 5) is 20.3. The van der Waals surface area contributed by atoms with E-state index in [-0.39, 0.29) is 13.2 Å². The molecule has 0 aromatic rings. The number of esters is 1. The van der Waals surface area contributed by atoms with E-state index in [1.165, 1.54) is 0 Å². The van der Waals surface area contributed by atoms with Crippen molar-refractivity contribution in [2.75, 3.05) is 13.2 Å². The number of ether oxygens (including phenoxy) is 2. The Morgan fingerprint density at radius 3 is 2.46 bits per heavy atom. The van der Waals surface area contributed by atoms with E-state index in [1.54, 1.807) is 13.8 Å². The molecule has 0 atom stereocenters. The maximum absolute atomic E-state index is 10.9. The monoisotopic (exact) mass is 189 g/mol. The number of carbonyl (C=O) groups is 1. The molecule has 0 N–H and O–H groups in total. The minimum absolute atomic E-state index is 0.0934. The van der Waals surface area contributed by atoms with Crippen molar-refractivity contribution in [2.45, 2.75) is 13.8 Å². The lowest BCUT2D eigenvalue weighted by Gasteiger charge is -1.98. The second-order valence-corrected chi connectivity index (χ2v) is 1.94. The van der Waals surface area contributed by atoms with Crippen LogP contribution in [0.1, 0.15) is 13.8 Å². The van der Waals surface area contributed by atoms with Crippen LogP contribution in [0.2, 0.25) is 0 Å². The van der Waals surface area contributed by atoms with Gasteiger partial charge < -0.3 is 9.47 Å². The summed E-state index contributed by atoms with van der Waals surface area (Å²) in [5, 5.41) is 10.3. The Morgan fingerprint density at radius 1 is 1.46 bits per heavy atom. The molecule has 0 aromatic heterocycles. The summed E-state index contributed by atoms with van der Waals surface area (Å²) < 4.78 is 9.05. The molecule has 0 saturated carbocycles. The Labute approximate surface area is 75.3 Å². The van der Waals surface area contributed by atoms with Crippen molar-refractivity contribution >= 4 is 5.97 Å². The van der Waals surface area contributed by atoms with Crippen LogP contribution in [0.3, 0.4) is 0 Å². The van der Waals surface area contributed by atoms with Gasteiger partial charge in [-0.2, -0.15) is 0 Å². The highest BCUT2D eigenvalue weighted by Gasteiger charge is 2.23. The molecule has 0 unspecified atom stereocenters. The average Bonchev–Trinajstić information content (AvgIpc) is 2.05. The molecule has 6 heteroatoms. The van der Waals surface area contributed by atoms with Gasteiger partial charge in [0.1, 0.15) is 0 Å². The Hall–Kier alpha value is -1.59. The van der Waals surface area contributed by atoms with Crippen LogP contribution in [0.25, 0.3) is 0 Å². The topological polar surface area (TPSA) is 78.7 Å². The zero-order chi connectivity index (χ0) is 10.3. The van der Waals surface area contributed by atoms with Crippen molar-refractivity contribution in [3.05, 3.63) is 22.1 Å². The first kappa shape index (κ1) is 11.4. The Bertz CT molecular complexity index is 223. The van der Waals surface area contributed by atoms with Gasteiger partial charge in [0.05, 0.1) is 18.1 Å². The minimum atomic E-state index is -0.985. The Balaban J connectivity index is 4.41. The van der Waals surface area contributed by atoms with Crippen LogP contribution in [-0.2, 0) is 14.3 Å². The van der Waals surface area contributed by atoms with E-state index in [9.17, 15) is 14.9 Å². The highest BCUT2D eigenvalue weighted by atomic mass is 16.6. The Morgan fingerprint density at radius 2 is 2.08 bits per heavy atom. The molecule has 0 aliphatic carbocycles. The summed E-state index contributed by atoms with van der Waals surface area (Å²) in [7, 11) is 0. The third kappa shape index (κ3) is 4.09. The lowest BCUT2D eigenvalue weighted by Crippen LogP contribution is -2.15. The van der Waals surface area contributed by atoms with Gasteiger partial charge in [-0.15, -0.1) is 0 Å². The zero-order valence-electron chi connectivity index (χ0n) is 7.48. The number of carbonyl (C=O) groups excluding carboxylic acids is 1. The second kappa shape index (κ2) is 5.99. The number of hydrogen-bond acceptors (Lipinski definition) is 5. The zero-order valence-corrected chi connectivity index (χ0v) is 7.48. The lowest BCUT2D eigenvalue weighted by molar-refractivity contribution is -0.423. The third-order valence-electron chi connectivity index (χ3n) is 1.04. The average molecular weight is 189 g/mol. The fourth-order valence-corrected chi connectivity index (χ4v) is 0.533. The molecule has 0 aliphatic heterocycles. The van der Waals surface area contributed by atoms with E-state index < -0.39 is 16.6 Å². The first-order valence-corrected chi connectivity index (χ1v) is 3.76. The highest BCUT2D eigenvalue weighted by Crippen LogP contribution is 1.99. The molecule has 74 valence electrons. The fraction of sp³-hybridized carbons (Fsp3) is 0.571. The number of rotatable bonds is 5. The van der Waals surface area contributed by atoms with E-state index in [4.69, 9.17) is 0 Å². The Kier molecular flexibility index (Phi) is 5.25. The third-order valence-corrected chi connectivity index (χ3v) is 1.04. The van der Waals surface area contributed by atoms with Gasteiger partial charge in [0.2, 0.25) is 0 Å². The van der Waals surface area contributed by atoms with Crippen molar-refractivity contribution in [3.8, 4) is 0 Å². The van der Waals surface area contributed by atoms with Crippen LogP contribution in [0.15, 0.2) is 12.0 Å². The van der Waals surface area contributed by atoms with Gasteiger partial charge >= 0.3 is 11.7 Å². The molecule has 0 amide bonds. The van der Waals surface area contributed by atoms with E-state index >= 15 is 0 Å². The van der Waals surface area contributed by atoms with Crippen LogP contribution in [-0.4, -0.2) is 24.1 Å². The highest BCUT2D eigenvalue weighted by molar-refractivity contribution is 5.85. The predicted molar refractivity (Wildman–Crippen MR) is 43.3 cm³/mol. The minimum Gasteiger partial charge on any atom is -0.494 e. The SMILES string of the molecule is CCO/C=C(\C(=O)OCC)[N+](=O)[O-]. The molecule has 0 aliphatic rings. The van der Waals surface area contributed by atoms with Crippen LogP contribution in [0.5, 0.6) is 0 Å². The normalized spacial score (nSPS) is 10.8. The molecule has 0 rings (SSSR count). The van der Waals surface area contributed by atoms with Crippen molar-refractivity contribution < 1.29 is 19.2 Å². The quantitative estimate of drug-likeness (QED) is 0.209. The first-order valence-electron chi connectivity index (χ1n) is 3.76. The predicted octanol–water partition coefficient (Wildman–Crippen LogP) is 0.704. The lowest BCUT2D eigenvalue weighted by atomic mass is 10.5. The van der Waals surface area contributed by atoms with Gasteiger partial charge in [-0.3, -0.25) is 10.1 Å². The molecule has 0 saturated heterocycles. The summed E-state index contributed by atoms with van der Waals surface area (Å²) in [6.07, 6.45) is 0.790. The number of nitro groups is 1. The summed E-state index contributed by atoms with van der Waals surface area (Å²) >= 11 is 0.